The highest BCUT2D eigenvalue weighted by atomic mass is 32.2. The molecule has 0 bridgehead atoms. The maximum absolute atomic E-state index is 14.2. The highest BCUT2D eigenvalue weighted by molar-refractivity contribution is 7.93. The van der Waals surface area contributed by atoms with E-state index in [1.165, 1.54) is 5.56 Å². The smallest absolute Gasteiger partial charge is 0.398 e. The minimum Gasteiger partial charge on any atom is -0.398 e. The molecular weight excluding hydrogens is 642 g/mol. The zero-order chi connectivity index (χ0) is 35.5. The number of nitrogen functional groups attached to an aromatic ring is 1. The van der Waals surface area contributed by atoms with Gasteiger partial charge in [-0.25, -0.2) is 0 Å². The number of hydrogen-bond donors (Lipinski definition) is 2. The number of nitrogens with one attached hydrogen (secondary N) is 1. The molecule has 0 amide bonds. The van der Waals surface area contributed by atoms with Crippen molar-refractivity contribution < 1.29 is 21.6 Å². The van der Waals surface area contributed by atoms with Crippen molar-refractivity contribution in [3.8, 4) is 33.4 Å². The van der Waals surface area contributed by atoms with Gasteiger partial charge in [-0.1, -0.05) is 90.1 Å². The van der Waals surface area contributed by atoms with Crippen LogP contribution in [0.2, 0.25) is 0 Å². The van der Waals surface area contributed by atoms with Crippen molar-refractivity contribution in [2.24, 2.45) is 0 Å². The molecule has 6 rings (SSSR count). The number of nitrogens with two attached hydrogens (primary N) is 1. The third-order valence-corrected chi connectivity index (χ3v) is 11.3. The van der Waals surface area contributed by atoms with Crippen LogP contribution >= 0.6 is 0 Å². The highest BCUT2D eigenvalue weighted by Gasteiger charge is 2.47. The van der Waals surface area contributed by atoms with E-state index in [9.17, 15) is 21.6 Å². The highest BCUT2D eigenvalue weighted by Crippen LogP contribution is 2.51. The van der Waals surface area contributed by atoms with Gasteiger partial charge in [-0.05, 0) is 119 Å². The molecule has 0 saturated carbocycles. The number of hydrogen-bond acceptors (Lipinski definition) is 3. The Bertz CT molecular complexity index is 2000. The summed E-state index contributed by atoms with van der Waals surface area (Å²) in [6.45, 7) is 12.8. The molecule has 2 aliphatic rings. The number of sulfonamides is 1. The Kier molecular flexibility index (Phi) is 8.96. The molecule has 0 radical (unpaired) electrons. The molecule has 260 valence electrons. The summed E-state index contributed by atoms with van der Waals surface area (Å²) in [6.07, 6.45) is 6.59. The normalized spacial score (nSPS) is 15.4. The number of aryl methyl sites for hydroxylation is 2. The summed E-state index contributed by atoms with van der Waals surface area (Å²) in [7, 11) is -5.78. The minimum absolute atomic E-state index is 0.0414. The van der Waals surface area contributed by atoms with Gasteiger partial charge >= 0.3 is 15.5 Å². The molecule has 4 nitrogen and oxygen atoms in total. The number of rotatable bonds is 5. The van der Waals surface area contributed by atoms with Gasteiger partial charge in [0.25, 0.3) is 0 Å². The number of fused-ring (bicyclic) bond motifs is 2. The van der Waals surface area contributed by atoms with Crippen LogP contribution in [0.15, 0.2) is 60.7 Å². The third-order valence-electron chi connectivity index (χ3n) is 10.3. The lowest BCUT2D eigenvalue weighted by Gasteiger charge is -2.31. The maximum atomic E-state index is 14.2. The molecule has 49 heavy (non-hydrogen) atoms. The zero-order valence-corrected chi connectivity index (χ0v) is 30.2. The Morgan fingerprint density at radius 1 is 0.612 bits per heavy atom. The molecule has 8 heteroatoms. The van der Waals surface area contributed by atoms with Crippen molar-refractivity contribution in [1.29, 1.82) is 0 Å². The zero-order valence-electron chi connectivity index (χ0n) is 29.4. The molecule has 0 heterocycles. The second kappa shape index (κ2) is 12.5. The van der Waals surface area contributed by atoms with Gasteiger partial charge in [0.2, 0.25) is 0 Å². The van der Waals surface area contributed by atoms with Gasteiger partial charge in [0, 0.05) is 27.9 Å². The van der Waals surface area contributed by atoms with Crippen molar-refractivity contribution >= 4 is 21.4 Å². The first-order chi connectivity index (χ1) is 22.9. The summed E-state index contributed by atoms with van der Waals surface area (Å²) in [5.41, 5.74) is 12.1. The maximum Gasteiger partial charge on any atom is 0.516 e. The van der Waals surface area contributed by atoms with Crippen LogP contribution in [0.5, 0.6) is 0 Å². The molecule has 4 aromatic rings. The quantitative estimate of drug-likeness (QED) is 0.205. The van der Waals surface area contributed by atoms with Gasteiger partial charge < -0.3 is 5.73 Å². The fourth-order valence-electron chi connectivity index (χ4n) is 7.45. The van der Waals surface area contributed by atoms with E-state index in [2.05, 4.69) is 76.6 Å². The third kappa shape index (κ3) is 6.73. The molecular formula is C41H47F3N2O2S. The molecule has 0 aromatic heterocycles. The number of anilines is 2. The van der Waals surface area contributed by atoms with Crippen LogP contribution < -0.4 is 10.5 Å². The average Bonchev–Trinajstić information content (AvgIpc) is 3.03. The van der Waals surface area contributed by atoms with Crippen LogP contribution in [0, 0.1) is 0 Å². The van der Waals surface area contributed by atoms with Gasteiger partial charge in [0.05, 0.1) is 5.69 Å². The lowest BCUT2D eigenvalue weighted by molar-refractivity contribution is -0.0429. The Hall–Kier alpha value is -3.78. The summed E-state index contributed by atoms with van der Waals surface area (Å²) >= 11 is 0. The van der Waals surface area contributed by atoms with Crippen LogP contribution in [-0.2, 0) is 46.5 Å². The molecule has 0 spiro atoms. The molecule has 3 N–H and O–H groups in total. The van der Waals surface area contributed by atoms with Crippen LogP contribution in [-0.4, -0.2) is 13.9 Å². The SMILES string of the molecule is CC(C)(C)c1ccc(-c2cc3c(c(-c4c5c(cc(-c6ccc(C(C)(C)C)cc6)c4NS(=O)(=O)C(F)(F)F)CCCC5)c2N)CCCC3)cc1. The van der Waals surface area contributed by atoms with E-state index < -0.39 is 15.5 Å². The summed E-state index contributed by atoms with van der Waals surface area (Å²) in [6, 6.07) is 20.0. The Morgan fingerprint density at radius 3 is 1.47 bits per heavy atom. The van der Waals surface area contributed by atoms with Crippen molar-refractivity contribution in [3.05, 3.63) is 94.0 Å². The number of benzene rings is 4. The van der Waals surface area contributed by atoms with E-state index in [1.54, 1.807) is 0 Å². The van der Waals surface area contributed by atoms with Crippen LogP contribution in [0.1, 0.15) is 101 Å². The van der Waals surface area contributed by atoms with Crippen LogP contribution in [0.25, 0.3) is 33.4 Å². The molecule has 0 unspecified atom stereocenters. The molecule has 0 saturated heterocycles. The number of halogens is 3. The van der Waals surface area contributed by atoms with Crippen LogP contribution in [0.4, 0.5) is 24.5 Å². The predicted octanol–water partition coefficient (Wildman–Crippen LogP) is 10.9. The Labute approximate surface area is 289 Å². The second-order valence-electron chi connectivity index (χ2n) is 15.8. The molecule has 0 atom stereocenters. The fraction of sp³-hybridized carbons (Fsp3) is 0.415. The van der Waals surface area contributed by atoms with Crippen molar-refractivity contribution in [1.82, 2.24) is 0 Å². The standard InChI is InChI=1S/C41H47F3N2O2S/c1-39(2,3)29-19-15-25(16-20-29)33-23-27-11-7-9-13-31(27)35(37(33)45)36-32-14-10-8-12-28(32)24-34(38(36)46-49(47,48)41(42,43)44)26-17-21-30(22-18-26)40(4,5)6/h15-24,46H,7-14,45H2,1-6H3. The summed E-state index contributed by atoms with van der Waals surface area (Å²) < 4.78 is 70.8. The van der Waals surface area contributed by atoms with Gasteiger partial charge in [-0.2, -0.15) is 21.6 Å². The Morgan fingerprint density at radius 2 is 1.02 bits per heavy atom. The second-order valence-corrected chi connectivity index (χ2v) is 17.5. The first-order valence-electron chi connectivity index (χ1n) is 17.3. The van der Waals surface area contributed by atoms with E-state index in [1.807, 2.05) is 30.3 Å². The lowest BCUT2D eigenvalue weighted by atomic mass is 9.76. The molecule has 4 aromatic carbocycles. The predicted molar refractivity (Wildman–Crippen MR) is 196 cm³/mol. The topological polar surface area (TPSA) is 72.2 Å². The fourth-order valence-corrected chi connectivity index (χ4v) is 8.05. The van der Waals surface area contributed by atoms with E-state index >= 15 is 0 Å². The van der Waals surface area contributed by atoms with Gasteiger partial charge in [-0.15, -0.1) is 0 Å². The van der Waals surface area contributed by atoms with Crippen LogP contribution in [0.3, 0.4) is 0 Å². The summed E-state index contributed by atoms with van der Waals surface area (Å²) in [5, 5.41) is 0. The molecule has 0 fully saturated rings. The van der Waals surface area contributed by atoms with Crippen molar-refractivity contribution in [2.75, 3.05) is 10.5 Å². The largest absolute Gasteiger partial charge is 0.516 e. The molecule has 0 aliphatic heterocycles. The van der Waals surface area contributed by atoms with Gasteiger partial charge in [0.1, 0.15) is 0 Å². The average molecular weight is 689 g/mol. The summed E-state index contributed by atoms with van der Waals surface area (Å²) in [5.74, 6) is 0. The van der Waals surface area contributed by atoms with Crippen molar-refractivity contribution in [2.45, 2.75) is 109 Å². The van der Waals surface area contributed by atoms with Gasteiger partial charge in [0.15, 0.2) is 0 Å². The van der Waals surface area contributed by atoms with Crippen molar-refractivity contribution in [3.63, 3.8) is 0 Å². The summed E-state index contributed by atoms with van der Waals surface area (Å²) in [4.78, 5) is 0. The van der Waals surface area contributed by atoms with E-state index in [-0.39, 0.29) is 16.5 Å². The number of alkyl halides is 3. The lowest BCUT2D eigenvalue weighted by Crippen LogP contribution is -2.30. The molecule has 2 aliphatic carbocycles. The van der Waals surface area contributed by atoms with Gasteiger partial charge in [-0.3, -0.25) is 4.72 Å². The Balaban J connectivity index is 1.70. The van der Waals surface area contributed by atoms with E-state index in [0.29, 0.717) is 40.8 Å². The van der Waals surface area contributed by atoms with E-state index in [0.717, 1.165) is 77.5 Å². The van der Waals surface area contributed by atoms with E-state index in [4.69, 9.17) is 5.73 Å². The first-order valence-corrected chi connectivity index (χ1v) is 18.8. The first kappa shape index (κ1) is 35.1. The monoisotopic (exact) mass is 688 g/mol. The minimum atomic E-state index is -5.78.